The maximum atomic E-state index is 4.47. The number of aromatic nitrogens is 1. The number of pyridine rings is 1. The predicted molar refractivity (Wildman–Crippen MR) is 88.4 cm³/mol. The van der Waals surface area contributed by atoms with E-state index in [1.807, 2.05) is 6.20 Å². The third-order valence-electron chi connectivity index (χ3n) is 5.37. The van der Waals surface area contributed by atoms with E-state index in [4.69, 9.17) is 0 Å². The first-order chi connectivity index (χ1) is 10.3. The van der Waals surface area contributed by atoms with Gasteiger partial charge in [0.1, 0.15) is 0 Å². The molecule has 3 heteroatoms. The molecule has 1 N–H and O–H groups in total. The minimum Gasteiger partial charge on any atom is -0.374 e. The first-order valence-electron chi connectivity index (χ1n) is 8.63. The van der Waals surface area contributed by atoms with Crippen LogP contribution in [0.25, 0.3) is 0 Å². The maximum absolute atomic E-state index is 4.47. The lowest BCUT2D eigenvalue weighted by Gasteiger charge is -2.28. The molecule has 1 heterocycles. The van der Waals surface area contributed by atoms with Crippen LogP contribution in [0, 0.1) is 17.8 Å². The standard InChI is InChI=1S/C18H29N3/c1-3-7-19-12-17-11-18(6-8-20-17)21(2)13-16-10-14-4-5-15(16)9-14/h6,8,11,14-16,19H,3-5,7,9-10,12-13H2,1-2H3. The molecule has 2 bridgehead atoms. The molecule has 0 saturated heterocycles. The zero-order valence-electron chi connectivity index (χ0n) is 13.5. The molecule has 0 amide bonds. The average molecular weight is 287 g/mol. The van der Waals surface area contributed by atoms with Crippen LogP contribution in [0.2, 0.25) is 0 Å². The molecule has 0 aromatic carbocycles. The van der Waals surface area contributed by atoms with Gasteiger partial charge >= 0.3 is 0 Å². The molecule has 0 spiro atoms. The topological polar surface area (TPSA) is 28.2 Å². The SMILES string of the molecule is CCCNCc1cc(N(C)CC2CC3CCC2C3)ccn1. The zero-order valence-corrected chi connectivity index (χ0v) is 13.5. The highest BCUT2D eigenvalue weighted by molar-refractivity contribution is 5.45. The van der Waals surface area contributed by atoms with Crippen LogP contribution in [-0.4, -0.2) is 25.1 Å². The Bertz CT molecular complexity index is 460. The quantitative estimate of drug-likeness (QED) is 0.779. The van der Waals surface area contributed by atoms with Crippen molar-refractivity contribution in [2.24, 2.45) is 17.8 Å². The molecule has 2 fully saturated rings. The first-order valence-corrected chi connectivity index (χ1v) is 8.63. The number of anilines is 1. The second kappa shape index (κ2) is 6.78. The highest BCUT2D eigenvalue weighted by Crippen LogP contribution is 2.48. The zero-order chi connectivity index (χ0) is 14.7. The molecule has 2 aliphatic carbocycles. The van der Waals surface area contributed by atoms with Gasteiger partial charge in [0, 0.05) is 32.0 Å². The number of fused-ring (bicyclic) bond motifs is 2. The van der Waals surface area contributed by atoms with Gasteiger partial charge < -0.3 is 10.2 Å². The Balaban J connectivity index is 1.56. The lowest BCUT2D eigenvalue weighted by atomic mass is 9.88. The highest BCUT2D eigenvalue weighted by atomic mass is 15.1. The normalized spacial score (nSPS) is 27.2. The molecular weight excluding hydrogens is 258 g/mol. The number of nitrogens with zero attached hydrogens (tertiary/aromatic N) is 2. The molecule has 3 nitrogen and oxygen atoms in total. The van der Waals surface area contributed by atoms with Gasteiger partial charge in [0.2, 0.25) is 0 Å². The van der Waals surface area contributed by atoms with E-state index in [0.29, 0.717) is 0 Å². The number of rotatable bonds is 7. The molecule has 1 aromatic heterocycles. The summed E-state index contributed by atoms with van der Waals surface area (Å²) in [4.78, 5) is 6.92. The van der Waals surface area contributed by atoms with E-state index in [2.05, 4.69) is 41.3 Å². The van der Waals surface area contributed by atoms with Crippen LogP contribution in [0.4, 0.5) is 5.69 Å². The van der Waals surface area contributed by atoms with Crippen molar-refractivity contribution in [3.8, 4) is 0 Å². The Morgan fingerprint density at radius 1 is 1.33 bits per heavy atom. The van der Waals surface area contributed by atoms with E-state index in [1.165, 1.54) is 44.3 Å². The van der Waals surface area contributed by atoms with E-state index >= 15 is 0 Å². The third-order valence-corrected chi connectivity index (χ3v) is 5.37. The molecule has 2 aliphatic rings. The van der Waals surface area contributed by atoms with Gasteiger partial charge in [0.05, 0.1) is 5.69 Å². The van der Waals surface area contributed by atoms with Crippen LogP contribution in [-0.2, 0) is 6.54 Å². The van der Waals surface area contributed by atoms with Crippen molar-refractivity contribution >= 4 is 5.69 Å². The summed E-state index contributed by atoms with van der Waals surface area (Å²) in [6.45, 7) is 5.35. The summed E-state index contributed by atoms with van der Waals surface area (Å²) < 4.78 is 0. The van der Waals surface area contributed by atoms with Gasteiger partial charge in [-0.2, -0.15) is 0 Å². The number of nitrogens with one attached hydrogen (secondary N) is 1. The summed E-state index contributed by atoms with van der Waals surface area (Å²) in [6, 6.07) is 4.40. The molecule has 0 radical (unpaired) electrons. The Labute approximate surface area is 129 Å². The Kier molecular flexibility index (Phi) is 4.79. The molecule has 0 aliphatic heterocycles. The van der Waals surface area contributed by atoms with Gasteiger partial charge in [0.25, 0.3) is 0 Å². The van der Waals surface area contributed by atoms with E-state index in [9.17, 15) is 0 Å². The summed E-state index contributed by atoms with van der Waals surface area (Å²) >= 11 is 0. The van der Waals surface area contributed by atoms with Crippen molar-refractivity contribution < 1.29 is 0 Å². The fourth-order valence-electron chi connectivity index (χ4n) is 4.25. The highest BCUT2D eigenvalue weighted by Gasteiger charge is 2.39. The van der Waals surface area contributed by atoms with Gasteiger partial charge in [-0.25, -0.2) is 0 Å². The van der Waals surface area contributed by atoms with Crippen molar-refractivity contribution in [2.45, 2.75) is 45.6 Å². The third kappa shape index (κ3) is 3.57. The minimum absolute atomic E-state index is 0.879. The summed E-state index contributed by atoms with van der Waals surface area (Å²) in [6.07, 6.45) is 9.06. The van der Waals surface area contributed by atoms with Crippen LogP contribution in [0.15, 0.2) is 18.3 Å². The summed E-state index contributed by atoms with van der Waals surface area (Å²) in [5, 5.41) is 3.43. The van der Waals surface area contributed by atoms with E-state index in [-0.39, 0.29) is 0 Å². The van der Waals surface area contributed by atoms with Crippen LogP contribution in [0.3, 0.4) is 0 Å². The second-order valence-electron chi connectivity index (χ2n) is 7.00. The van der Waals surface area contributed by atoms with Crippen LogP contribution >= 0.6 is 0 Å². The number of hydrogen-bond donors (Lipinski definition) is 1. The summed E-state index contributed by atoms with van der Waals surface area (Å²) in [5.74, 6) is 2.97. The van der Waals surface area contributed by atoms with Crippen molar-refractivity contribution in [1.29, 1.82) is 0 Å². The fraction of sp³-hybridized carbons (Fsp3) is 0.722. The molecule has 1 aromatic rings. The fourth-order valence-corrected chi connectivity index (χ4v) is 4.25. The van der Waals surface area contributed by atoms with Gasteiger partial charge in [-0.15, -0.1) is 0 Å². The molecule has 3 unspecified atom stereocenters. The molecule has 21 heavy (non-hydrogen) atoms. The van der Waals surface area contributed by atoms with E-state index in [1.54, 1.807) is 0 Å². The van der Waals surface area contributed by atoms with Crippen molar-refractivity contribution in [3.05, 3.63) is 24.0 Å². The van der Waals surface area contributed by atoms with Crippen molar-refractivity contribution in [1.82, 2.24) is 10.3 Å². The lowest BCUT2D eigenvalue weighted by Crippen LogP contribution is -2.28. The smallest absolute Gasteiger partial charge is 0.0562 e. The van der Waals surface area contributed by atoms with E-state index in [0.717, 1.165) is 36.5 Å². The second-order valence-corrected chi connectivity index (χ2v) is 7.00. The predicted octanol–water partition coefficient (Wildman–Crippen LogP) is 3.45. The van der Waals surface area contributed by atoms with Gasteiger partial charge in [-0.3, -0.25) is 4.98 Å². The van der Waals surface area contributed by atoms with Crippen molar-refractivity contribution in [3.63, 3.8) is 0 Å². The lowest BCUT2D eigenvalue weighted by molar-refractivity contribution is 0.337. The molecular formula is C18H29N3. The maximum Gasteiger partial charge on any atom is 0.0562 e. The van der Waals surface area contributed by atoms with Gasteiger partial charge in [0.15, 0.2) is 0 Å². The van der Waals surface area contributed by atoms with E-state index < -0.39 is 0 Å². The van der Waals surface area contributed by atoms with Crippen LogP contribution in [0.1, 0.15) is 44.7 Å². The molecule has 3 atom stereocenters. The van der Waals surface area contributed by atoms with Gasteiger partial charge in [-0.05, 0) is 62.1 Å². The summed E-state index contributed by atoms with van der Waals surface area (Å²) in [5.41, 5.74) is 2.47. The summed E-state index contributed by atoms with van der Waals surface area (Å²) in [7, 11) is 2.24. The van der Waals surface area contributed by atoms with Crippen LogP contribution in [0.5, 0.6) is 0 Å². The monoisotopic (exact) mass is 287 g/mol. The molecule has 3 rings (SSSR count). The Hall–Kier alpha value is -1.09. The Morgan fingerprint density at radius 2 is 2.24 bits per heavy atom. The van der Waals surface area contributed by atoms with Gasteiger partial charge in [-0.1, -0.05) is 13.3 Å². The first kappa shape index (κ1) is 14.8. The minimum atomic E-state index is 0.879. The average Bonchev–Trinajstić information content (AvgIpc) is 3.10. The molecule has 2 saturated carbocycles. The molecule has 116 valence electrons. The Morgan fingerprint density at radius 3 is 2.95 bits per heavy atom. The number of hydrogen-bond acceptors (Lipinski definition) is 3. The van der Waals surface area contributed by atoms with Crippen molar-refractivity contribution in [2.75, 3.05) is 25.0 Å². The van der Waals surface area contributed by atoms with Crippen LogP contribution < -0.4 is 10.2 Å². The largest absolute Gasteiger partial charge is 0.374 e.